The van der Waals surface area contributed by atoms with Crippen LogP contribution in [0.5, 0.6) is 0 Å². The van der Waals surface area contributed by atoms with E-state index in [-0.39, 0.29) is 0 Å². The Morgan fingerprint density at radius 1 is 1.45 bits per heavy atom. The average Bonchev–Trinajstić information content (AvgIpc) is 2.58. The summed E-state index contributed by atoms with van der Waals surface area (Å²) in [4.78, 5) is 4.03. The molecule has 0 unspecified atom stereocenters. The van der Waals surface area contributed by atoms with E-state index in [0.717, 1.165) is 10.9 Å². The number of aromatic nitrogens is 1. The molecule has 0 aromatic carbocycles. The Hall–Kier alpha value is -0.960. The molecule has 2 rings (SSSR count). The van der Waals surface area contributed by atoms with Crippen LogP contribution in [0.2, 0.25) is 0 Å². The molecular formula is C8H7N2S. The lowest BCUT2D eigenvalue weighted by Gasteiger charge is -2.06. The van der Waals surface area contributed by atoms with Crippen molar-refractivity contribution in [2.45, 2.75) is 0 Å². The molecule has 1 N–H and O–H groups in total. The molecule has 0 atom stereocenters. The highest BCUT2D eigenvalue weighted by Gasteiger charge is 2.13. The molecule has 1 aliphatic heterocycles. The lowest BCUT2D eigenvalue weighted by Crippen LogP contribution is -2.07. The quantitative estimate of drug-likeness (QED) is 0.682. The number of thioether (sulfide) groups is 1. The first-order chi connectivity index (χ1) is 5.47. The number of rotatable bonds is 1. The first-order valence-electron chi connectivity index (χ1n) is 3.32. The van der Waals surface area contributed by atoms with Crippen molar-refractivity contribution in [3.8, 4) is 0 Å². The van der Waals surface area contributed by atoms with Crippen molar-refractivity contribution >= 4 is 11.8 Å². The second-order valence-corrected chi connectivity index (χ2v) is 3.05. The van der Waals surface area contributed by atoms with Crippen LogP contribution in [0, 0.1) is 5.37 Å². The van der Waals surface area contributed by atoms with Crippen molar-refractivity contribution in [1.82, 2.24) is 10.3 Å². The van der Waals surface area contributed by atoms with Gasteiger partial charge in [-0.1, -0.05) is 17.8 Å². The summed E-state index contributed by atoms with van der Waals surface area (Å²) in [5, 5.41) is 6.30. The SMILES string of the molecule is C1=CS[C](c2cccnc2)N1. The van der Waals surface area contributed by atoms with E-state index in [1.54, 1.807) is 18.0 Å². The molecule has 2 heterocycles. The average molecular weight is 163 g/mol. The fourth-order valence-corrected chi connectivity index (χ4v) is 1.56. The van der Waals surface area contributed by atoms with Gasteiger partial charge in [-0.2, -0.15) is 0 Å². The topological polar surface area (TPSA) is 24.9 Å². The standard InChI is InChI=1S/C8H7N2S/c1-2-7(6-9-3-1)8-10-4-5-11-8/h1-6,10H. The number of hydrogen-bond donors (Lipinski definition) is 1. The van der Waals surface area contributed by atoms with Gasteiger partial charge in [0.05, 0.1) is 0 Å². The number of nitrogens with zero attached hydrogens (tertiary/aromatic N) is 1. The Morgan fingerprint density at radius 2 is 2.45 bits per heavy atom. The summed E-state index contributed by atoms with van der Waals surface area (Å²) in [7, 11) is 0. The molecule has 0 aliphatic carbocycles. The lowest BCUT2D eigenvalue weighted by atomic mass is 10.3. The molecule has 1 radical (unpaired) electrons. The van der Waals surface area contributed by atoms with Crippen LogP contribution in [0.3, 0.4) is 0 Å². The van der Waals surface area contributed by atoms with Crippen LogP contribution < -0.4 is 5.32 Å². The first-order valence-corrected chi connectivity index (χ1v) is 4.20. The molecule has 3 heteroatoms. The van der Waals surface area contributed by atoms with Gasteiger partial charge in [0, 0.05) is 24.2 Å². The summed E-state index contributed by atoms with van der Waals surface area (Å²) in [6, 6.07) is 3.97. The fourth-order valence-electron chi connectivity index (χ4n) is 0.894. The molecule has 11 heavy (non-hydrogen) atoms. The zero-order valence-corrected chi connectivity index (χ0v) is 6.64. The molecule has 1 aromatic heterocycles. The van der Waals surface area contributed by atoms with Crippen LogP contribution in [0.25, 0.3) is 0 Å². The maximum absolute atomic E-state index is 4.03. The predicted octanol–water partition coefficient (Wildman–Crippen LogP) is 1.73. The van der Waals surface area contributed by atoms with Crippen LogP contribution in [0.4, 0.5) is 0 Å². The van der Waals surface area contributed by atoms with Gasteiger partial charge in [-0.3, -0.25) is 4.98 Å². The Kier molecular flexibility index (Phi) is 1.81. The van der Waals surface area contributed by atoms with Crippen molar-refractivity contribution in [2.75, 3.05) is 0 Å². The van der Waals surface area contributed by atoms with Crippen LogP contribution >= 0.6 is 11.8 Å². The molecule has 0 bridgehead atoms. The molecule has 0 amide bonds. The molecule has 0 saturated carbocycles. The van der Waals surface area contributed by atoms with Crippen LogP contribution in [0.1, 0.15) is 5.56 Å². The van der Waals surface area contributed by atoms with Crippen LogP contribution in [-0.2, 0) is 0 Å². The van der Waals surface area contributed by atoms with Crippen LogP contribution in [-0.4, -0.2) is 4.98 Å². The molecule has 1 aliphatic rings. The third-order valence-electron chi connectivity index (χ3n) is 1.39. The van der Waals surface area contributed by atoms with Crippen molar-refractivity contribution < 1.29 is 0 Å². The minimum Gasteiger partial charge on any atom is -0.369 e. The molecule has 0 saturated heterocycles. The molecule has 0 fully saturated rings. The van der Waals surface area contributed by atoms with E-state index in [9.17, 15) is 0 Å². The Morgan fingerprint density at radius 3 is 3.09 bits per heavy atom. The minimum absolute atomic E-state index is 1.14. The normalized spacial score (nSPS) is 16.7. The summed E-state index contributed by atoms with van der Waals surface area (Å²) in [6.45, 7) is 0. The summed E-state index contributed by atoms with van der Waals surface area (Å²) < 4.78 is 0. The highest BCUT2D eigenvalue weighted by atomic mass is 32.2. The van der Waals surface area contributed by atoms with Gasteiger partial charge in [0.25, 0.3) is 0 Å². The Labute approximate surface area is 69.7 Å². The molecule has 0 spiro atoms. The van der Waals surface area contributed by atoms with Crippen molar-refractivity contribution in [3.05, 3.63) is 47.1 Å². The van der Waals surface area contributed by atoms with E-state index in [4.69, 9.17) is 0 Å². The predicted molar refractivity (Wildman–Crippen MR) is 46.4 cm³/mol. The van der Waals surface area contributed by atoms with Crippen molar-refractivity contribution in [2.24, 2.45) is 0 Å². The third-order valence-corrected chi connectivity index (χ3v) is 2.25. The number of pyridine rings is 1. The van der Waals surface area contributed by atoms with Gasteiger partial charge in [0.2, 0.25) is 0 Å². The second-order valence-electron chi connectivity index (χ2n) is 2.14. The van der Waals surface area contributed by atoms with E-state index in [2.05, 4.69) is 10.3 Å². The molecule has 55 valence electrons. The van der Waals surface area contributed by atoms with E-state index in [0.29, 0.717) is 0 Å². The maximum Gasteiger partial charge on any atom is 0.152 e. The van der Waals surface area contributed by atoms with E-state index < -0.39 is 0 Å². The van der Waals surface area contributed by atoms with Gasteiger partial charge >= 0.3 is 0 Å². The largest absolute Gasteiger partial charge is 0.369 e. The molecular weight excluding hydrogens is 156 g/mol. The smallest absolute Gasteiger partial charge is 0.152 e. The van der Waals surface area contributed by atoms with Gasteiger partial charge in [-0.15, -0.1) is 0 Å². The molecule has 1 aromatic rings. The second kappa shape index (κ2) is 2.96. The summed E-state index contributed by atoms with van der Waals surface area (Å²) >= 11 is 1.68. The van der Waals surface area contributed by atoms with Gasteiger partial charge in [0.1, 0.15) is 0 Å². The Balaban J connectivity index is 2.17. The van der Waals surface area contributed by atoms with Gasteiger partial charge in [-0.25, -0.2) is 0 Å². The number of hydrogen-bond acceptors (Lipinski definition) is 3. The van der Waals surface area contributed by atoms with E-state index >= 15 is 0 Å². The minimum atomic E-state index is 1.14. The highest BCUT2D eigenvalue weighted by molar-refractivity contribution is 8.05. The fraction of sp³-hybridized carbons (Fsp3) is 0. The lowest BCUT2D eigenvalue weighted by molar-refractivity contribution is 1.05. The van der Waals surface area contributed by atoms with E-state index in [1.165, 1.54) is 0 Å². The van der Waals surface area contributed by atoms with E-state index in [1.807, 2.05) is 29.9 Å². The monoisotopic (exact) mass is 163 g/mol. The summed E-state index contributed by atoms with van der Waals surface area (Å²) in [6.07, 6.45) is 5.55. The zero-order chi connectivity index (χ0) is 7.52. The number of nitrogens with one attached hydrogen (secondary N) is 1. The maximum atomic E-state index is 4.03. The van der Waals surface area contributed by atoms with Crippen molar-refractivity contribution in [3.63, 3.8) is 0 Å². The highest BCUT2D eigenvalue weighted by Crippen LogP contribution is 2.28. The third kappa shape index (κ3) is 1.38. The summed E-state index contributed by atoms with van der Waals surface area (Å²) in [5.74, 6) is 0. The van der Waals surface area contributed by atoms with Crippen LogP contribution in [0.15, 0.2) is 36.1 Å². The molecule has 2 nitrogen and oxygen atoms in total. The van der Waals surface area contributed by atoms with Gasteiger partial charge < -0.3 is 5.32 Å². The Bertz CT molecular complexity index is 250. The van der Waals surface area contributed by atoms with Gasteiger partial charge in [-0.05, 0) is 11.5 Å². The summed E-state index contributed by atoms with van der Waals surface area (Å²) in [5.41, 5.74) is 1.14. The first kappa shape index (κ1) is 6.73. The van der Waals surface area contributed by atoms with Gasteiger partial charge in [0.15, 0.2) is 5.37 Å². The zero-order valence-electron chi connectivity index (χ0n) is 5.82. The van der Waals surface area contributed by atoms with Crippen molar-refractivity contribution in [1.29, 1.82) is 0 Å².